The van der Waals surface area contributed by atoms with Crippen LogP contribution in [0.2, 0.25) is 5.02 Å². The van der Waals surface area contributed by atoms with E-state index in [0.29, 0.717) is 23.6 Å². The number of H-pyrrole nitrogens is 1. The number of aromatic amines is 1. The standard InChI is InChI=1S/C18H14ClN3O2/c19-13-2-4-15-11(6-13)5-12(18(24)22-15)9-20-14-3-1-10-7-17(23)21-16(10)8-14/h1-6,8,20H,7,9H2,(H,21,23)(H,22,24). The predicted octanol–water partition coefficient (Wildman–Crippen LogP) is 3.29. The quantitative estimate of drug-likeness (QED) is 0.685. The van der Waals surface area contributed by atoms with Crippen LogP contribution < -0.4 is 16.2 Å². The second-order valence-corrected chi connectivity index (χ2v) is 6.24. The normalized spacial score (nSPS) is 13.0. The third-order valence-electron chi connectivity index (χ3n) is 4.10. The Morgan fingerprint density at radius 2 is 1.96 bits per heavy atom. The van der Waals surface area contributed by atoms with Crippen molar-refractivity contribution in [2.75, 3.05) is 10.6 Å². The van der Waals surface area contributed by atoms with Gasteiger partial charge in [0.15, 0.2) is 0 Å². The molecule has 120 valence electrons. The highest BCUT2D eigenvalue weighted by Gasteiger charge is 2.17. The van der Waals surface area contributed by atoms with Crippen molar-refractivity contribution in [1.82, 2.24) is 4.98 Å². The molecule has 4 rings (SSSR count). The lowest BCUT2D eigenvalue weighted by atomic mass is 10.1. The van der Waals surface area contributed by atoms with Gasteiger partial charge in [-0.25, -0.2) is 0 Å². The first kappa shape index (κ1) is 14.8. The topological polar surface area (TPSA) is 74.0 Å². The van der Waals surface area contributed by atoms with Gasteiger partial charge in [0.25, 0.3) is 5.56 Å². The number of carbonyl (C=O) groups is 1. The smallest absolute Gasteiger partial charge is 0.253 e. The number of nitrogens with one attached hydrogen (secondary N) is 3. The van der Waals surface area contributed by atoms with Crippen LogP contribution in [0.5, 0.6) is 0 Å². The molecular formula is C18H14ClN3O2. The number of carbonyl (C=O) groups excluding carboxylic acids is 1. The summed E-state index contributed by atoms with van der Waals surface area (Å²) in [5.41, 5.74) is 3.91. The maximum absolute atomic E-state index is 12.2. The van der Waals surface area contributed by atoms with Crippen LogP contribution in [0.4, 0.5) is 11.4 Å². The van der Waals surface area contributed by atoms with E-state index in [2.05, 4.69) is 15.6 Å². The minimum atomic E-state index is -0.133. The van der Waals surface area contributed by atoms with E-state index in [1.165, 1.54) is 0 Å². The van der Waals surface area contributed by atoms with Gasteiger partial charge in [-0.3, -0.25) is 9.59 Å². The number of halogens is 1. The van der Waals surface area contributed by atoms with Crippen LogP contribution in [-0.2, 0) is 17.8 Å². The van der Waals surface area contributed by atoms with Crippen molar-refractivity contribution >= 4 is 39.8 Å². The minimum Gasteiger partial charge on any atom is -0.381 e. The van der Waals surface area contributed by atoms with E-state index in [4.69, 9.17) is 11.6 Å². The number of hydrogen-bond acceptors (Lipinski definition) is 3. The minimum absolute atomic E-state index is 0.00463. The molecule has 1 amide bonds. The lowest BCUT2D eigenvalue weighted by molar-refractivity contribution is -0.115. The summed E-state index contributed by atoms with van der Waals surface area (Å²) in [5.74, 6) is 0.00463. The summed E-state index contributed by atoms with van der Waals surface area (Å²) in [4.78, 5) is 26.4. The van der Waals surface area contributed by atoms with E-state index in [-0.39, 0.29) is 11.5 Å². The lowest BCUT2D eigenvalue weighted by Gasteiger charge is -2.09. The Kier molecular flexibility index (Phi) is 3.50. The van der Waals surface area contributed by atoms with Gasteiger partial charge in [0, 0.05) is 39.4 Å². The molecule has 2 heterocycles. The van der Waals surface area contributed by atoms with Crippen LogP contribution in [0.15, 0.2) is 47.3 Å². The first-order valence-electron chi connectivity index (χ1n) is 7.56. The van der Waals surface area contributed by atoms with Crippen LogP contribution in [0.25, 0.3) is 10.9 Å². The maximum atomic E-state index is 12.2. The number of fused-ring (bicyclic) bond motifs is 2. The summed E-state index contributed by atoms with van der Waals surface area (Å²) >= 11 is 6.01. The number of rotatable bonds is 3. The van der Waals surface area contributed by atoms with E-state index in [1.54, 1.807) is 12.1 Å². The Hall–Kier alpha value is -2.79. The van der Waals surface area contributed by atoms with Crippen molar-refractivity contribution in [3.8, 4) is 0 Å². The summed E-state index contributed by atoms with van der Waals surface area (Å²) in [5, 5.41) is 7.55. The highest BCUT2D eigenvalue weighted by atomic mass is 35.5. The predicted molar refractivity (Wildman–Crippen MR) is 95.7 cm³/mol. The Bertz CT molecular complexity index is 1030. The van der Waals surface area contributed by atoms with Crippen LogP contribution in [0, 0.1) is 0 Å². The zero-order valence-corrected chi connectivity index (χ0v) is 13.4. The number of aromatic nitrogens is 1. The Morgan fingerprint density at radius 3 is 2.83 bits per heavy atom. The average Bonchev–Trinajstić information content (AvgIpc) is 2.92. The van der Waals surface area contributed by atoms with Gasteiger partial charge in [0.1, 0.15) is 0 Å². The van der Waals surface area contributed by atoms with Crippen molar-refractivity contribution < 1.29 is 4.79 Å². The maximum Gasteiger partial charge on any atom is 0.253 e. The van der Waals surface area contributed by atoms with Crippen LogP contribution in [-0.4, -0.2) is 10.9 Å². The molecule has 2 aromatic carbocycles. The summed E-state index contributed by atoms with van der Waals surface area (Å²) in [7, 11) is 0. The molecular weight excluding hydrogens is 326 g/mol. The van der Waals surface area contributed by atoms with Gasteiger partial charge in [-0.2, -0.15) is 0 Å². The van der Waals surface area contributed by atoms with Crippen molar-refractivity contribution in [1.29, 1.82) is 0 Å². The Morgan fingerprint density at radius 1 is 1.08 bits per heavy atom. The van der Waals surface area contributed by atoms with Gasteiger partial charge in [-0.1, -0.05) is 17.7 Å². The summed E-state index contributed by atoms with van der Waals surface area (Å²) < 4.78 is 0. The molecule has 1 aromatic heterocycles. The van der Waals surface area contributed by atoms with Gasteiger partial charge in [-0.15, -0.1) is 0 Å². The van der Waals surface area contributed by atoms with Gasteiger partial charge in [-0.05, 0) is 42.0 Å². The van der Waals surface area contributed by atoms with E-state index in [1.807, 2.05) is 30.3 Å². The third-order valence-corrected chi connectivity index (χ3v) is 4.34. The third kappa shape index (κ3) is 2.74. The van der Waals surface area contributed by atoms with E-state index in [0.717, 1.165) is 27.8 Å². The van der Waals surface area contributed by atoms with Gasteiger partial charge in [0.2, 0.25) is 5.91 Å². The number of amides is 1. The first-order chi connectivity index (χ1) is 11.6. The molecule has 24 heavy (non-hydrogen) atoms. The van der Waals surface area contributed by atoms with Gasteiger partial charge in [0.05, 0.1) is 6.42 Å². The molecule has 3 aromatic rings. The van der Waals surface area contributed by atoms with Crippen molar-refractivity contribution in [3.05, 3.63) is 69.0 Å². The molecule has 0 spiro atoms. The molecule has 0 bridgehead atoms. The fourth-order valence-electron chi connectivity index (χ4n) is 2.88. The summed E-state index contributed by atoms with van der Waals surface area (Å²) in [6, 6.07) is 12.9. The van der Waals surface area contributed by atoms with Gasteiger partial charge < -0.3 is 15.6 Å². The molecule has 1 aliphatic rings. The molecule has 0 radical (unpaired) electrons. The molecule has 0 aliphatic carbocycles. The zero-order chi connectivity index (χ0) is 16.7. The molecule has 0 fully saturated rings. The fraction of sp³-hybridized carbons (Fsp3) is 0.111. The molecule has 1 aliphatic heterocycles. The highest BCUT2D eigenvalue weighted by molar-refractivity contribution is 6.31. The number of pyridine rings is 1. The Balaban J connectivity index is 1.59. The SMILES string of the molecule is O=C1Cc2ccc(NCc3cc4cc(Cl)ccc4[nH]c3=O)cc2N1. The summed E-state index contributed by atoms with van der Waals surface area (Å²) in [6.07, 6.45) is 0.417. The second-order valence-electron chi connectivity index (χ2n) is 5.81. The van der Waals surface area contributed by atoms with Crippen LogP contribution in [0.3, 0.4) is 0 Å². The zero-order valence-electron chi connectivity index (χ0n) is 12.7. The Labute approximate surface area is 142 Å². The second kappa shape index (κ2) is 5.69. The van der Waals surface area contributed by atoms with E-state index < -0.39 is 0 Å². The fourth-order valence-corrected chi connectivity index (χ4v) is 3.06. The lowest BCUT2D eigenvalue weighted by Crippen LogP contribution is -2.15. The molecule has 0 atom stereocenters. The number of benzene rings is 2. The summed E-state index contributed by atoms with van der Waals surface area (Å²) in [6.45, 7) is 0.379. The number of anilines is 2. The largest absolute Gasteiger partial charge is 0.381 e. The first-order valence-corrected chi connectivity index (χ1v) is 7.94. The molecule has 0 unspecified atom stereocenters. The number of hydrogen-bond donors (Lipinski definition) is 3. The van der Waals surface area contributed by atoms with E-state index in [9.17, 15) is 9.59 Å². The van der Waals surface area contributed by atoms with Crippen molar-refractivity contribution in [2.24, 2.45) is 0 Å². The molecule has 0 saturated heterocycles. The van der Waals surface area contributed by atoms with Crippen molar-refractivity contribution in [3.63, 3.8) is 0 Å². The van der Waals surface area contributed by atoms with Gasteiger partial charge >= 0.3 is 0 Å². The van der Waals surface area contributed by atoms with E-state index >= 15 is 0 Å². The van der Waals surface area contributed by atoms with Crippen molar-refractivity contribution in [2.45, 2.75) is 13.0 Å². The highest BCUT2D eigenvalue weighted by Crippen LogP contribution is 2.26. The van der Waals surface area contributed by atoms with Crippen LogP contribution >= 0.6 is 11.6 Å². The molecule has 3 N–H and O–H groups in total. The molecule has 5 nitrogen and oxygen atoms in total. The van der Waals surface area contributed by atoms with Crippen LogP contribution in [0.1, 0.15) is 11.1 Å². The monoisotopic (exact) mass is 339 g/mol. The average molecular weight is 340 g/mol. The molecule has 0 saturated carbocycles. The molecule has 6 heteroatoms.